The smallest absolute Gasteiger partial charge is 0.0171 e. The minimum Gasteiger partial charge on any atom is -0.308 e. The van der Waals surface area contributed by atoms with Crippen molar-refractivity contribution in [3.05, 3.63) is 0 Å². The van der Waals surface area contributed by atoms with Crippen LogP contribution in [-0.4, -0.2) is 23.1 Å². The molecule has 1 atom stereocenters. The van der Waals surface area contributed by atoms with Gasteiger partial charge < -0.3 is 5.32 Å². The Kier molecular flexibility index (Phi) is 3.26. The highest BCUT2D eigenvalue weighted by atomic mass is 32.2. The van der Waals surface area contributed by atoms with E-state index in [9.17, 15) is 0 Å². The molecule has 0 spiro atoms. The summed E-state index contributed by atoms with van der Waals surface area (Å²) in [6, 6.07) is 0.773. The third-order valence-corrected chi connectivity index (χ3v) is 3.57. The summed E-state index contributed by atoms with van der Waals surface area (Å²) in [6.45, 7) is 6.82. The summed E-state index contributed by atoms with van der Waals surface area (Å²) in [5.74, 6) is 2.65. The van der Waals surface area contributed by atoms with E-state index < -0.39 is 0 Å². The van der Waals surface area contributed by atoms with Crippen LogP contribution >= 0.6 is 11.8 Å². The fraction of sp³-hybridized carbons (Fsp3) is 1.00. The van der Waals surface area contributed by atoms with Crippen LogP contribution in [0.3, 0.4) is 0 Å². The first kappa shape index (κ1) is 9.40. The van der Waals surface area contributed by atoms with Crippen molar-refractivity contribution in [2.45, 2.75) is 45.2 Å². The molecule has 1 N–H and O–H groups in total. The van der Waals surface area contributed by atoms with Crippen LogP contribution in [0.25, 0.3) is 0 Å². The van der Waals surface area contributed by atoms with Crippen molar-refractivity contribution in [3.8, 4) is 0 Å². The standard InChI is InChI=1S/C9H19NS/c1-4-9(2,3)10-8-5-6-11-7-8/h8,10H,4-7H2,1-3H3. The average molecular weight is 173 g/mol. The first-order valence-electron chi connectivity index (χ1n) is 4.49. The molecule has 0 radical (unpaired) electrons. The van der Waals surface area contributed by atoms with Gasteiger partial charge in [0.25, 0.3) is 0 Å². The van der Waals surface area contributed by atoms with Gasteiger partial charge in [0, 0.05) is 17.3 Å². The maximum Gasteiger partial charge on any atom is 0.0171 e. The van der Waals surface area contributed by atoms with E-state index >= 15 is 0 Å². The van der Waals surface area contributed by atoms with E-state index in [1.54, 1.807) is 0 Å². The zero-order valence-electron chi connectivity index (χ0n) is 7.81. The molecule has 1 saturated heterocycles. The second-order valence-electron chi connectivity index (χ2n) is 3.94. The monoisotopic (exact) mass is 173 g/mol. The van der Waals surface area contributed by atoms with Gasteiger partial charge in [0.05, 0.1) is 0 Å². The quantitative estimate of drug-likeness (QED) is 0.702. The van der Waals surface area contributed by atoms with Crippen molar-refractivity contribution in [2.75, 3.05) is 11.5 Å². The predicted molar refractivity (Wildman–Crippen MR) is 53.2 cm³/mol. The Morgan fingerprint density at radius 3 is 2.73 bits per heavy atom. The van der Waals surface area contributed by atoms with Gasteiger partial charge in [-0.15, -0.1) is 0 Å². The summed E-state index contributed by atoms with van der Waals surface area (Å²) in [5.41, 5.74) is 0.343. The van der Waals surface area contributed by atoms with Gasteiger partial charge >= 0.3 is 0 Å². The fourth-order valence-electron chi connectivity index (χ4n) is 1.30. The van der Waals surface area contributed by atoms with Crippen LogP contribution in [0, 0.1) is 0 Å². The number of rotatable bonds is 3. The molecule has 1 aliphatic rings. The van der Waals surface area contributed by atoms with Crippen molar-refractivity contribution < 1.29 is 0 Å². The zero-order valence-corrected chi connectivity index (χ0v) is 8.63. The molecule has 1 aliphatic heterocycles. The van der Waals surface area contributed by atoms with E-state index in [-0.39, 0.29) is 0 Å². The van der Waals surface area contributed by atoms with Crippen molar-refractivity contribution in [1.29, 1.82) is 0 Å². The van der Waals surface area contributed by atoms with Crippen LogP contribution in [0.2, 0.25) is 0 Å². The van der Waals surface area contributed by atoms with E-state index in [1.807, 2.05) is 0 Å². The minimum atomic E-state index is 0.343. The van der Waals surface area contributed by atoms with Gasteiger partial charge in [-0.3, -0.25) is 0 Å². The normalized spacial score (nSPS) is 25.9. The molecule has 66 valence electrons. The first-order valence-corrected chi connectivity index (χ1v) is 5.65. The highest BCUT2D eigenvalue weighted by Gasteiger charge is 2.22. The van der Waals surface area contributed by atoms with Gasteiger partial charge in [0.1, 0.15) is 0 Å². The molecule has 0 aromatic carbocycles. The van der Waals surface area contributed by atoms with Crippen molar-refractivity contribution in [2.24, 2.45) is 0 Å². The molecule has 0 aromatic rings. The molecule has 2 heteroatoms. The summed E-state index contributed by atoms with van der Waals surface area (Å²) < 4.78 is 0. The average Bonchev–Trinajstić information content (AvgIpc) is 2.39. The second kappa shape index (κ2) is 3.81. The topological polar surface area (TPSA) is 12.0 Å². The van der Waals surface area contributed by atoms with Gasteiger partial charge in [-0.2, -0.15) is 11.8 Å². The minimum absolute atomic E-state index is 0.343. The number of hydrogen-bond donors (Lipinski definition) is 1. The van der Waals surface area contributed by atoms with Gasteiger partial charge in [0.2, 0.25) is 0 Å². The van der Waals surface area contributed by atoms with Crippen LogP contribution < -0.4 is 5.32 Å². The maximum absolute atomic E-state index is 3.68. The SMILES string of the molecule is CCC(C)(C)NC1CCSC1. The molecular formula is C9H19NS. The fourth-order valence-corrected chi connectivity index (χ4v) is 2.46. The molecule has 0 aliphatic carbocycles. The Hall–Kier alpha value is 0.310. The van der Waals surface area contributed by atoms with Crippen molar-refractivity contribution in [3.63, 3.8) is 0 Å². The molecule has 0 bridgehead atoms. The van der Waals surface area contributed by atoms with Crippen LogP contribution in [0.15, 0.2) is 0 Å². The largest absolute Gasteiger partial charge is 0.308 e. The van der Waals surface area contributed by atoms with E-state index in [4.69, 9.17) is 0 Å². The summed E-state index contributed by atoms with van der Waals surface area (Å²) >= 11 is 2.07. The molecule has 11 heavy (non-hydrogen) atoms. The summed E-state index contributed by atoms with van der Waals surface area (Å²) in [4.78, 5) is 0. The van der Waals surface area contributed by atoms with Gasteiger partial charge in [-0.1, -0.05) is 6.92 Å². The van der Waals surface area contributed by atoms with Crippen LogP contribution in [0.1, 0.15) is 33.6 Å². The predicted octanol–water partition coefficient (Wildman–Crippen LogP) is 2.27. The molecule has 0 aromatic heterocycles. The molecule has 0 saturated carbocycles. The molecule has 1 rings (SSSR count). The van der Waals surface area contributed by atoms with Crippen molar-refractivity contribution in [1.82, 2.24) is 5.32 Å². The van der Waals surface area contributed by atoms with E-state index in [0.29, 0.717) is 5.54 Å². The Balaban J connectivity index is 2.28. The summed E-state index contributed by atoms with van der Waals surface area (Å²) in [5, 5.41) is 3.68. The van der Waals surface area contributed by atoms with Crippen LogP contribution in [0.5, 0.6) is 0 Å². The Bertz CT molecular complexity index is 117. The van der Waals surface area contributed by atoms with E-state index in [0.717, 1.165) is 6.04 Å². The summed E-state index contributed by atoms with van der Waals surface area (Å²) in [7, 11) is 0. The lowest BCUT2D eigenvalue weighted by Gasteiger charge is -2.28. The van der Waals surface area contributed by atoms with Gasteiger partial charge in [0.15, 0.2) is 0 Å². The Morgan fingerprint density at radius 1 is 1.55 bits per heavy atom. The lowest BCUT2D eigenvalue weighted by molar-refractivity contribution is 0.337. The third-order valence-electron chi connectivity index (χ3n) is 2.41. The molecule has 1 heterocycles. The molecular weight excluding hydrogens is 154 g/mol. The first-order chi connectivity index (χ1) is 5.14. The molecule has 1 fully saturated rings. The van der Waals surface area contributed by atoms with Gasteiger partial charge in [-0.05, 0) is 32.4 Å². The van der Waals surface area contributed by atoms with E-state index in [1.165, 1.54) is 24.3 Å². The maximum atomic E-state index is 3.68. The number of nitrogens with one attached hydrogen (secondary N) is 1. The van der Waals surface area contributed by atoms with E-state index in [2.05, 4.69) is 37.8 Å². The van der Waals surface area contributed by atoms with Crippen LogP contribution in [-0.2, 0) is 0 Å². The Morgan fingerprint density at radius 2 is 2.27 bits per heavy atom. The lowest BCUT2D eigenvalue weighted by Crippen LogP contribution is -2.45. The molecule has 1 unspecified atom stereocenters. The summed E-state index contributed by atoms with van der Waals surface area (Å²) in [6.07, 6.45) is 2.57. The highest BCUT2D eigenvalue weighted by Crippen LogP contribution is 2.20. The molecule has 1 nitrogen and oxygen atoms in total. The number of hydrogen-bond acceptors (Lipinski definition) is 2. The van der Waals surface area contributed by atoms with Gasteiger partial charge in [-0.25, -0.2) is 0 Å². The van der Waals surface area contributed by atoms with Crippen LogP contribution in [0.4, 0.5) is 0 Å². The lowest BCUT2D eigenvalue weighted by atomic mass is 10.0. The number of thioether (sulfide) groups is 1. The zero-order chi connectivity index (χ0) is 8.32. The van der Waals surface area contributed by atoms with Crippen molar-refractivity contribution >= 4 is 11.8 Å². The Labute approximate surface area is 74.3 Å². The highest BCUT2D eigenvalue weighted by molar-refractivity contribution is 7.99. The third kappa shape index (κ3) is 3.04. The molecule has 0 amide bonds. The second-order valence-corrected chi connectivity index (χ2v) is 5.09.